The Bertz CT molecular complexity index is 153. The number of rotatable bonds is 0. The SMILES string of the molecule is Cl.N=C1C=NNC1=O. The van der Waals surface area contributed by atoms with Crippen LogP contribution in [0.5, 0.6) is 0 Å². The van der Waals surface area contributed by atoms with E-state index in [1.54, 1.807) is 0 Å². The molecule has 5 heteroatoms. The van der Waals surface area contributed by atoms with Crippen molar-refractivity contribution >= 4 is 30.2 Å². The number of hydrogen-bond acceptors (Lipinski definition) is 3. The third-order valence-electron chi connectivity index (χ3n) is 0.604. The summed E-state index contributed by atoms with van der Waals surface area (Å²) in [4.78, 5) is 10.1. The average Bonchev–Trinajstić information content (AvgIpc) is 1.91. The Morgan fingerprint density at radius 3 is 2.50 bits per heavy atom. The van der Waals surface area contributed by atoms with Crippen LogP contribution in [0, 0.1) is 5.41 Å². The van der Waals surface area contributed by atoms with Gasteiger partial charge in [-0.2, -0.15) is 5.10 Å². The molecule has 44 valence electrons. The molecule has 0 radical (unpaired) electrons. The van der Waals surface area contributed by atoms with Crippen molar-refractivity contribution in [2.45, 2.75) is 0 Å². The Morgan fingerprint density at radius 2 is 2.38 bits per heavy atom. The predicted molar refractivity (Wildman–Crippen MR) is 31.6 cm³/mol. The van der Waals surface area contributed by atoms with E-state index in [1.165, 1.54) is 6.21 Å². The van der Waals surface area contributed by atoms with E-state index < -0.39 is 5.91 Å². The van der Waals surface area contributed by atoms with E-state index in [0.717, 1.165) is 0 Å². The van der Waals surface area contributed by atoms with Gasteiger partial charge in [-0.1, -0.05) is 0 Å². The van der Waals surface area contributed by atoms with Crippen LogP contribution >= 0.6 is 12.4 Å². The highest BCUT2D eigenvalue weighted by Crippen LogP contribution is 1.76. The standard InChI is InChI=1S/C3H3N3O.ClH/c4-2-1-5-6-3(2)7;/h1H,(H2,4,6,7);1H. The number of nitrogens with one attached hydrogen (secondary N) is 2. The van der Waals surface area contributed by atoms with Crippen molar-refractivity contribution in [1.82, 2.24) is 5.43 Å². The zero-order valence-electron chi connectivity index (χ0n) is 3.84. The fourth-order valence-corrected chi connectivity index (χ4v) is 0.274. The van der Waals surface area contributed by atoms with E-state index in [2.05, 4.69) is 10.5 Å². The van der Waals surface area contributed by atoms with Crippen molar-refractivity contribution < 1.29 is 4.79 Å². The number of hydrazone groups is 1. The third-order valence-corrected chi connectivity index (χ3v) is 0.604. The Hall–Kier alpha value is -0.900. The molecule has 0 bridgehead atoms. The molecule has 1 aliphatic heterocycles. The molecule has 8 heavy (non-hydrogen) atoms. The zero-order chi connectivity index (χ0) is 5.28. The van der Waals surface area contributed by atoms with Crippen LogP contribution in [0.1, 0.15) is 0 Å². The second kappa shape index (κ2) is 2.42. The largest absolute Gasteiger partial charge is 0.294 e. The molecular weight excluding hydrogens is 130 g/mol. The molecule has 2 N–H and O–H groups in total. The van der Waals surface area contributed by atoms with Gasteiger partial charge in [0.25, 0.3) is 5.91 Å². The van der Waals surface area contributed by atoms with E-state index in [-0.39, 0.29) is 18.1 Å². The van der Waals surface area contributed by atoms with E-state index in [1.807, 2.05) is 0 Å². The van der Waals surface area contributed by atoms with Crippen molar-refractivity contribution in [3.63, 3.8) is 0 Å². The minimum absolute atomic E-state index is 0. The molecule has 1 aliphatic rings. The number of carbonyl (C=O) groups excluding carboxylic acids is 1. The van der Waals surface area contributed by atoms with Crippen LogP contribution in [0.2, 0.25) is 0 Å². The number of halogens is 1. The molecule has 1 rings (SSSR count). The fourth-order valence-electron chi connectivity index (χ4n) is 0.274. The Labute approximate surface area is 51.9 Å². The van der Waals surface area contributed by atoms with Crippen molar-refractivity contribution in [3.05, 3.63) is 0 Å². The lowest BCUT2D eigenvalue weighted by Gasteiger charge is -1.78. The lowest BCUT2D eigenvalue weighted by Crippen LogP contribution is -2.18. The number of amides is 1. The summed E-state index contributed by atoms with van der Waals surface area (Å²) in [5.41, 5.74) is 1.99. The van der Waals surface area contributed by atoms with Crippen LogP contribution in [0.3, 0.4) is 0 Å². The number of hydrogen-bond donors (Lipinski definition) is 2. The van der Waals surface area contributed by atoms with Gasteiger partial charge in [-0.15, -0.1) is 12.4 Å². The summed E-state index contributed by atoms with van der Waals surface area (Å²) in [7, 11) is 0. The zero-order valence-corrected chi connectivity index (χ0v) is 4.66. The van der Waals surface area contributed by atoms with Crippen LogP contribution in [-0.2, 0) is 4.79 Å². The summed E-state index contributed by atoms with van der Waals surface area (Å²) in [6.45, 7) is 0. The molecule has 0 spiro atoms. The molecule has 0 aliphatic carbocycles. The first-order valence-electron chi connectivity index (χ1n) is 1.72. The summed E-state index contributed by atoms with van der Waals surface area (Å²) in [6.07, 6.45) is 1.17. The van der Waals surface area contributed by atoms with Crippen LogP contribution in [0.15, 0.2) is 5.10 Å². The lowest BCUT2D eigenvalue weighted by molar-refractivity contribution is -0.114. The predicted octanol–water partition coefficient (Wildman–Crippen LogP) is -0.456. The van der Waals surface area contributed by atoms with Crippen LogP contribution < -0.4 is 5.43 Å². The van der Waals surface area contributed by atoms with Gasteiger partial charge in [-0.3, -0.25) is 10.2 Å². The summed E-state index contributed by atoms with van der Waals surface area (Å²) >= 11 is 0. The van der Waals surface area contributed by atoms with Gasteiger partial charge in [-0.05, 0) is 0 Å². The van der Waals surface area contributed by atoms with E-state index in [4.69, 9.17) is 5.41 Å². The number of nitrogens with zero attached hydrogens (tertiary/aromatic N) is 1. The monoisotopic (exact) mass is 133 g/mol. The minimum Gasteiger partial charge on any atom is -0.294 e. The van der Waals surface area contributed by atoms with Gasteiger partial charge in [0.05, 0.1) is 6.21 Å². The normalized spacial score (nSPS) is 15.5. The van der Waals surface area contributed by atoms with Crippen molar-refractivity contribution in [3.8, 4) is 0 Å². The lowest BCUT2D eigenvalue weighted by atomic mass is 10.4. The van der Waals surface area contributed by atoms with Gasteiger partial charge in [-0.25, -0.2) is 5.43 Å². The summed E-state index contributed by atoms with van der Waals surface area (Å²) in [5.74, 6) is -0.431. The second-order valence-corrected chi connectivity index (χ2v) is 1.11. The molecule has 0 aromatic heterocycles. The summed E-state index contributed by atoms with van der Waals surface area (Å²) < 4.78 is 0. The van der Waals surface area contributed by atoms with Gasteiger partial charge in [0, 0.05) is 0 Å². The minimum atomic E-state index is -0.431. The molecule has 0 fully saturated rings. The fraction of sp³-hybridized carbons (Fsp3) is 0. The highest BCUT2D eigenvalue weighted by molar-refractivity contribution is 6.61. The Balaban J connectivity index is 0.000000490. The summed E-state index contributed by atoms with van der Waals surface area (Å²) in [6, 6.07) is 0. The highest BCUT2D eigenvalue weighted by Gasteiger charge is 2.09. The molecule has 1 heterocycles. The highest BCUT2D eigenvalue weighted by atomic mass is 35.5. The van der Waals surface area contributed by atoms with Gasteiger partial charge >= 0.3 is 0 Å². The smallest absolute Gasteiger partial charge is 0.290 e. The molecule has 0 saturated carbocycles. The number of carbonyl (C=O) groups is 1. The second-order valence-electron chi connectivity index (χ2n) is 1.11. The molecule has 1 amide bonds. The molecule has 0 aromatic rings. The van der Waals surface area contributed by atoms with Gasteiger partial charge in [0.2, 0.25) is 0 Å². The Kier molecular flexibility index (Phi) is 2.15. The molecule has 0 saturated heterocycles. The maximum absolute atomic E-state index is 10.1. The van der Waals surface area contributed by atoms with Crippen molar-refractivity contribution in [1.29, 1.82) is 5.41 Å². The molecule has 0 aromatic carbocycles. The topological polar surface area (TPSA) is 65.3 Å². The maximum Gasteiger partial charge on any atom is 0.290 e. The first kappa shape index (κ1) is 7.10. The third kappa shape index (κ3) is 1.04. The molecule has 0 atom stereocenters. The average molecular weight is 134 g/mol. The summed E-state index contributed by atoms with van der Waals surface area (Å²) in [5, 5.41) is 9.99. The Morgan fingerprint density at radius 1 is 1.75 bits per heavy atom. The van der Waals surface area contributed by atoms with E-state index in [9.17, 15) is 4.79 Å². The maximum atomic E-state index is 10.1. The van der Waals surface area contributed by atoms with Crippen molar-refractivity contribution in [2.24, 2.45) is 5.10 Å². The van der Waals surface area contributed by atoms with Crippen LogP contribution in [-0.4, -0.2) is 17.8 Å². The van der Waals surface area contributed by atoms with Crippen molar-refractivity contribution in [2.75, 3.05) is 0 Å². The van der Waals surface area contributed by atoms with E-state index in [0.29, 0.717) is 0 Å². The molecular formula is C3H4ClN3O. The quantitative estimate of drug-likeness (QED) is 0.462. The van der Waals surface area contributed by atoms with Gasteiger partial charge in [0.15, 0.2) is 0 Å². The van der Waals surface area contributed by atoms with E-state index >= 15 is 0 Å². The molecule has 4 nitrogen and oxygen atoms in total. The van der Waals surface area contributed by atoms with Gasteiger partial charge < -0.3 is 0 Å². The van der Waals surface area contributed by atoms with Gasteiger partial charge in [0.1, 0.15) is 5.71 Å². The first-order chi connectivity index (χ1) is 3.30. The van der Waals surface area contributed by atoms with Crippen LogP contribution in [0.25, 0.3) is 0 Å². The molecule has 0 unspecified atom stereocenters. The van der Waals surface area contributed by atoms with Crippen LogP contribution in [0.4, 0.5) is 0 Å². The first-order valence-corrected chi connectivity index (χ1v) is 1.72.